The van der Waals surface area contributed by atoms with Crippen LogP contribution in [-0.2, 0) is 11.4 Å². The number of nitrogens with two attached hydrogens (primary N) is 1. The average molecular weight is 500 g/mol. The van der Waals surface area contributed by atoms with Crippen molar-refractivity contribution in [1.82, 2.24) is 14.8 Å². The summed E-state index contributed by atoms with van der Waals surface area (Å²) in [6.07, 6.45) is 0. The first-order valence-electron chi connectivity index (χ1n) is 10.9. The van der Waals surface area contributed by atoms with Gasteiger partial charge in [0.2, 0.25) is 17.0 Å². The lowest BCUT2D eigenvalue weighted by molar-refractivity contribution is -0.115. The number of hydrogen-bond acceptors (Lipinski definition) is 7. The number of carbonyl (C=O) groups excluding carboxylic acids is 1. The molecule has 8 nitrogen and oxygen atoms in total. The minimum atomic E-state index is -0.544. The van der Waals surface area contributed by atoms with Crippen molar-refractivity contribution in [3.63, 3.8) is 0 Å². The smallest absolute Gasteiger partial charge is 0.248 e. The Morgan fingerprint density at radius 2 is 1.94 bits per heavy atom. The maximum Gasteiger partial charge on any atom is 0.248 e. The van der Waals surface area contributed by atoms with Gasteiger partial charge in [-0.15, -0.1) is 5.10 Å². The van der Waals surface area contributed by atoms with Gasteiger partial charge >= 0.3 is 0 Å². The van der Waals surface area contributed by atoms with E-state index in [0.717, 1.165) is 16.9 Å². The van der Waals surface area contributed by atoms with E-state index < -0.39 is 11.9 Å². The van der Waals surface area contributed by atoms with Gasteiger partial charge < -0.3 is 20.5 Å². The molecule has 3 aromatic rings. The van der Waals surface area contributed by atoms with Crippen molar-refractivity contribution in [3.05, 3.63) is 69.9 Å². The number of nitrogens with one attached hydrogen (secondary N) is 1. The van der Waals surface area contributed by atoms with E-state index >= 15 is 0 Å². The zero-order chi connectivity index (χ0) is 24.2. The Hall–Kier alpha value is -3.17. The lowest BCUT2D eigenvalue weighted by Gasteiger charge is -2.28. The fourth-order valence-corrected chi connectivity index (χ4v) is 4.45. The molecule has 0 bridgehead atoms. The Balaban J connectivity index is 1.71. The van der Waals surface area contributed by atoms with Crippen LogP contribution in [0.4, 0.5) is 5.95 Å². The van der Waals surface area contributed by atoms with Gasteiger partial charge in [-0.3, -0.25) is 4.79 Å². The maximum atomic E-state index is 12.4. The van der Waals surface area contributed by atoms with Gasteiger partial charge in [-0.2, -0.15) is 4.98 Å². The van der Waals surface area contributed by atoms with E-state index in [1.165, 1.54) is 11.8 Å². The second kappa shape index (κ2) is 10.4. The summed E-state index contributed by atoms with van der Waals surface area (Å²) in [5.74, 6) is 2.03. The summed E-state index contributed by atoms with van der Waals surface area (Å²) >= 11 is 7.50. The standard InChI is InChI=1S/C24H26ClN5O3S/c1-4-32-19-12-16(8-11-18(19)33-13-15-6-9-17(25)10-7-15)21-20(22(26)31)14(3)27-23-28-24(34-5-2)29-30(21)23/h6-12,21H,4-5,13H2,1-3H3,(H2,26,31)(H,27,28,29). The van der Waals surface area contributed by atoms with Gasteiger partial charge in [0.1, 0.15) is 12.6 Å². The molecule has 2 aromatic carbocycles. The number of halogens is 1. The van der Waals surface area contributed by atoms with Crippen LogP contribution in [0.2, 0.25) is 5.02 Å². The number of allylic oxidation sites excluding steroid dienone is 1. The number of nitrogens with zero attached hydrogens (tertiary/aromatic N) is 3. The summed E-state index contributed by atoms with van der Waals surface area (Å²) in [6.45, 7) is 6.57. The quantitative estimate of drug-likeness (QED) is 0.407. The Bertz CT molecular complexity index is 1230. The molecular weight excluding hydrogens is 474 g/mol. The number of carbonyl (C=O) groups is 1. The second-order valence-electron chi connectivity index (χ2n) is 7.58. The van der Waals surface area contributed by atoms with Crippen LogP contribution in [0.15, 0.2) is 58.9 Å². The summed E-state index contributed by atoms with van der Waals surface area (Å²) in [6, 6.07) is 12.5. The molecule has 1 unspecified atom stereocenters. The summed E-state index contributed by atoms with van der Waals surface area (Å²) in [4.78, 5) is 17.0. The lowest BCUT2D eigenvalue weighted by Crippen LogP contribution is -2.31. The van der Waals surface area contributed by atoms with E-state index in [-0.39, 0.29) is 0 Å². The summed E-state index contributed by atoms with van der Waals surface area (Å²) in [7, 11) is 0. The maximum absolute atomic E-state index is 12.4. The molecular formula is C24H26ClN5O3S. The molecule has 34 heavy (non-hydrogen) atoms. The number of primary amides is 1. The van der Waals surface area contributed by atoms with Gasteiger partial charge in [0.25, 0.3) is 0 Å². The third-order valence-corrected chi connectivity index (χ3v) is 6.23. The molecule has 1 amide bonds. The van der Waals surface area contributed by atoms with Crippen molar-refractivity contribution < 1.29 is 14.3 Å². The first kappa shape index (κ1) is 24.0. The fourth-order valence-electron chi connectivity index (χ4n) is 3.77. The molecule has 0 saturated heterocycles. The Kier molecular flexibility index (Phi) is 7.33. The van der Waals surface area contributed by atoms with Crippen LogP contribution in [-0.4, -0.2) is 33.0 Å². The molecule has 1 aliphatic heterocycles. The number of thioether (sulfide) groups is 1. The zero-order valence-corrected chi connectivity index (χ0v) is 20.7. The van der Waals surface area contributed by atoms with E-state index in [1.807, 2.05) is 63.2 Å². The first-order valence-corrected chi connectivity index (χ1v) is 12.3. The van der Waals surface area contributed by atoms with E-state index in [0.29, 0.717) is 52.1 Å². The molecule has 1 atom stereocenters. The fraction of sp³-hybridized carbons (Fsp3) is 0.292. The minimum Gasteiger partial charge on any atom is -0.490 e. The monoisotopic (exact) mass is 499 g/mol. The first-order chi connectivity index (χ1) is 16.4. The van der Waals surface area contributed by atoms with Gasteiger partial charge in [0.15, 0.2) is 11.5 Å². The highest BCUT2D eigenvalue weighted by atomic mass is 35.5. The topological polar surface area (TPSA) is 104 Å². The summed E-state index contributed by atoms with van der Waals surface area (Å²) in [5, 5.41) is 9.08. The molecule has 0 spiro atoms. The van der Waals surface area contributed by atoms with Crippen LogP contribution >= 0.6 is 23.4 Å². The van der Waals surface area contributed by atoms with Crippen LogP contribution in [0.25, 0.3) is 0 Å². The third-order valence-electron chi connectivity index (χ3n) is 5.26. The van der Waals surface area contributed by atoms with E-state index in [9.17, 15) is 4.79 Å². The van der Waals surface area contributed by atoms with Gasteiger partial charge in [-0.1, -0.05) is 48.5 Å². The molecule has 0 fully saturated rings. The van der Waals surface area contributed by atoms with Crippen molar-refractivity contribution in [3.8, 4) is 11.5 Å². The molecule has 3 N–H and O–H groups in total. The Labute approximate surface area is 207 Å². The number of anilines is 1. The number of benzene rings is 2. The number of rotatable bonds is 9. The van der Waals surface area contributed by atoms with Gasteiger partial charge in [-0.25, -0.2) is 4.68 Å². The molecule has 0 radical (unpaired) electrons. The van der Waals surface area contributed by atoms with Crippen LogP contribution in [0, 0.1) is 0 Å². The van der Waals surface area contributed by atoms with Gasteiger partial charge in [-0.05, 0) is 55.0 Å². The van der Waals surface area contributed by atoms with Crippen LogP contribution in [0.3, 0.4) is 0 Å². The molecule has 0 saturated carbocycles. The van der Waals surface area contributed by atoms with E-state index in [1.54, 1.807) is 4.68 Å². The molecule has 1 aromatic heterocycles. The van der Waals surface area contributed by atoms with Crippen molar-refractivity contribution in [1.29, 1.82) is 0 Å². The van der Waals surface area contributed by atoms with Crippen molar-refractivity contribution in [2.75, 3.05) is 17.7 Å². The highest BCUT2D eigenvalue weighted by molar-refractivity contribution is 7.99. The molecule has 1 aliphatic rings. The second-order valence-corrected chi connectivity index (χ2v) is 9.25. The van der Waals surface area contributed by atoms with Crippen molar-refractivity contribution in [2.24, 2.45) is 5.73 Å². The van der Waals surface area contributed by atoms with E-state index in [2.05, 4.69) is 15.4 Å². The predicted molar refractivity (Wildman–Crippen MR) is 133 cm³/mol. The number of aromatic nitrogens is 3. The molecule has 2 heterocycles. The Morgan fingerprint density at radius 3 is 2.62 bits per heavy atom. The predicted octanol–water partition coefficient (Wildman–Crippen LogP) is 4.80. The average Bonchev–Trinajstić information content (AvgIpc) is 3.20. The summed E-state index contributed by atoms with van der Waals surface area (Å²) < 4.78 is 13.6. The van der Waals surface area contributed by atoms with Gasteiger partial charge in [0.05, 0.1) is 12.2 Å². The molecule has 0 aliphatic carbocycles. The molecule has 4 rings (SSSR count). The highest BCUT2D eigenvalue weighted by Crippen LogP contribution is 2.39. The summed E-state index contributed by atoms with van der Waals surface area (Å²) in [5.41, 5.74) is 8.62. The minimum absolute atomic E-state index is 0.361. The van der Waals surface area contributed by atoms with Crippen molar-refractivity contribution >= 4 is 35.2 Å². The number of hydrogen-bond donors (Lipinski definition) is 2. The van der Waals surface area contributed by atoms with E-state index in [4.69, 9.17) is 26.8 Å². The highest BCUT2D eigenvalue weighted by Gasteiger charge is 2.33. The SMILES string of the molecule is CCOc1cc(C2C(C(N)=O)=C(C)Nc3nc(SCC)nn32)ccc1OCc1ccc(Cl)cc1. The molecule has 10 heteroatoms. The largest absolute Gasteiger partial charge is 0.490 e. The number of fused-ring (bicyclic) bond motifs is 1. The van der Waals surface area contributed by atoms with Crippen molar-refractivity contribution in [2.45, 2.75) is 38.6 Å². The molecule has 178 valence electrons. The normalized spacial score (nSPS) is 15.0. The number of ether oxygens (including phenoxy) is 2. The van der Waals surface area contributed by atoms with Crippen LogP contribution < -0.4 is 20.5 Å². The Morgan fingerprint density at radius 1 is 1.18 bits per heavy atom. The van der Waals surface area contributed by atoms with Crippen LogP contribution in [0.5, 0.6) is 11.5 Å². The number of amides is 1. The zero-order valence-electron chi connectivity index (χ0n) is 19.2. The lowest BCUT2D eigenvalue weighted by atomic mass is 9.95. The van der Waals surface area contributed by atoms with Gasteiger partial charge in [0, 0.05) is 10.7 Å². The van der Waals surface area contributed by atoms with Crippen LogP contribution in [0.1, 0.15) is 37.9 Å². The third kappa shape index (κ3) is 5.00.